The van der Waals surface area contributed by atoms with Gasteiger partial charge < -0.3 is 15.4 Å². The van der Waals surface area contributed by atoms with Crippen molar-refractivity contribution in [2.75, 3.05) is 11.9 Å². The van der Waals surface area contributed by atoms with E-state index in [9.17, 15) is 4.79 Å². The van der Waals surface area contributed by atoms with Gasteiger partial charge >= 0.3 is 0 Å². The maximum Gasteiger partial charge on any atom is 0.244 e. The second kappa shape index (κ2) is 6.48. The number of anilines is 1. The zero-order valence-electron chi connectivity index (χ0n) is 13.5. The molecule has 1 unspecified atom stereocenters. The molecule has 1 atom stereocenters. The second-order valence-electron chi connectivity index (χ2n) is 6.31. The predicted octanol–water partition coefficient (Wildman–Crippen LogP) is 3.25. The minimum Gasteiger partial charge on any atom is -0.491 e. The van der Waals surface area contributed by atoms with Gasteiger partial charge in [0, 0.05) is 5.69 Å². The number of ether oxygens (including phenoxy) is 1. The van der Waals surface area contributed by atoms with Gasteiger partial charge in [-0.15, -0.1) is 0 Å². The molecule has 1 aromatic carbocycles. The molecule has 2 N–H and O–H groups in total. The molecule has 0 spiro atoms. The Hall–Kier alpha value is -1.55. The molecule has 0 bridgehead atoms. The first kappa shape index (κ1) is 15.8. The molecule has 1 fully saturated rings. The van der Waals surface area contributed by atoms with Crippen molar-refractivity contribution in [1.29, 1.82) is 0 Å². The lowest BCUT2D eigenvalue weighted by atomic mass is 9.90. The summed E-state index contributed by atoms with van der Waals surface area (Å²) in [6.45, 7) is 8.87. The molecule has 1 heterocycles. The highest BCUT2D eigenvalue weighted by atomic mass is 16.5. The fourth-order valence-corrected chi connectivity index (χ4v) is 2.63. The maximum atomic E-state index is 12.5. The zero-order chi connectivity index (χ0) is 15.5. The van der Waals surface area contributed by atoms with Crippen molar-refractivity contribution >= 4 is 11.6 Å². The molecule has 4 nitrogen and oxygen atoms in total. The van der Waals surface area contributed by atoms with E-state index in [0.29, 0.717) is 0 Å². The molecule has 21 heavy (non-hydrogen) atoms. The summed E-state index contributed by atoms with van der Waals surface area (Å²) in [4.78, 5) is 12.5. The molecule has 1 amide bonds. The SMILES string of the molecule is Cc1cc(OC(C)C)ccc1NC(=O)C1(C)CCCCN1. The summed E-state index contributed by atoms with van der Waals surface area (Å²) in [5.74, 6) is 0.880. The Morgan fingerprint density at radius 1 is 1.38 bits per heavy atom. The minimum atomic E-state index is -0.461. The Labute approximate surface area is 127 Å². The molecule has 1 aromatic rings. The van der Waals surface area contributed by atoms with Crippen molar-refractivity contribution in [3.63, 3.8) is 0 Å². The van der Waals surface area contributed by atoms with Gasteiger partial charge in [-0.25, -0.2) is 0 Å². The van der Waals surface area contributed by atoms with Crippen LogP contribution in [0.1, 0.15) is 45.6 Å². The highest BCUT2D eigenvalue weighted by molar-refractivity contribution is 5.98. The van der Waals surface area contributed by atoms with Crippen LogP contribution in [-0.4, -0.2) is 24.1 Å². The van der Waals surface area contributed by atoms with Crippen LogP contribution in [0.5, 0.6) is 5.75 Å². The third-order valence-electron chi connectivity index (χ3n) is 3.94. The lowest BCUT2D eigenvalue weighted by Crippen LogP contribution is -2.54. The van der Waals surface area contributed by atoms with Gasteiger partial charge in [0.05, 0.1) is 11.6 Å². The van der Waals surface area contributed by atoms with E-state index in [1.807, 2.05) is 45.9 Å². The maximum absolute atomic E-state index is 12.5. The van der Waals surface area contributed by atoms with E-state index < -0.39 is 5.54 Å². The number of rotatable bonds is 4. The fraction of sp³-hybridized carbons (Fsp3) is 0.588. The van der Waals surface area contributed by atoms with Gasteiger partial charge in [-0.05, 0) is 77.3 Å². The third kappa shape index (κ3) is 3.97. The number of nitrogens with one attached hydrogen (secondary N) is 2. The lowest BCUT2D eigenvalue weighted by Gasteiger charge is -2.33. The quantitative estimate of drug-likeness (QED) is 0.895. The Morgan fingerprint density at radius 3 is 2.71 bits per heavy atom. The molecular formula is C17H26N2O2. The van der Waals surface area contributed by atoms with Crippen molar-refractivity contribution in [1.82, 2.24) is 5.32 Å². The van der Waals surface area contributed by atoms with Crippen LogP contribution in [-0.2, 0) is 4.79 Å². The first-order valence-corrected chi connectivity index (χ1v) is 7.74. The van der Waals surface area contributed by atoms with Crippen LogP contribution in [0.4, 0.5) is 5.69 Å². The van der Waals surface area contributed by atoms with Crippen LogP contribution in [0.25, 0.3) is 0 Å². The molecule has 1 aliphatic heterocycles. The van der Waals surface area contributed by atoms with Crippen LogP contribution < -0.4 is 15.4 Å². The lowest BCUT2D eigenvalue weighted by molar-refractivity contribution is -0.122. The minimum absolute atomic E-state index is 0.0443. The van der Waals surface area contributed by atoms with Crippen molar-refractivity contribution in [3.8, 4) is 5.75 Å². The van der Waals surface area contributed by atoms with E-state index >= 15 is 0 Å². The van der Waals surface area contributed by atoms with Gasteiger partial charge in [-0.3, -0.25) is 4.79 Å². The van der Waals surface area contributed by atoms with Gasteiger partial charge in [0.1, 0.15) is 5.75 Å². The van der Waals surface area contributed by atoms with E-state index in [1.54, 1.807) is 0 Å². The van der Waals surface area contributed by atoms with Crippen molar-refractivity contribution < 1.29 is 9.53 Å². The van der Waals surface area contributed by atoms with E-state index in [2.05, 4.69) is 10.6 Å². The predicted molar refractivity (Wildman–Crippen MR) is 85.8 cm³/mol. The van der Waals surface area contributed by atoms with Crippen molar-refractivity contribution in [2.24, 2.45) is 0 Å². The summed E-state index contributed by atoms with van der Waals surface area (Å²) < 4.78 is 5.67. The molecule has 116 valence electrons. The molecule has 0 saturated carbocycles. The number of aryl methyl sites for hydroxylation is 1. The fourth-order valence-electron chi connectivity index (χ4n) is 2.63. The summed E-state index contributed by atoms with van der Waals surface area (Å²) in [5, 5.41) is 6.38. The van der Waals surface area contributed by atoms with Crippen LogP contribution >= 0.6 is 0 Å². The first-order valence-electron chi connectivity index (χ1n) is 7.74. The zero-order valence-corrected chi connectivity index (χ0v) is 13.5. The molecule has 0 aromatic heterocycles. The normalized spacial score (nSPS) is 22.1. The van der Waals surface area contributed by atoms with E-state index in [4.69, 9.17) is 4.74 Å². The summed E-state index contributed by atoms with van der Waals surface area (Å²) >= 11 is 0. The molecular weight excluding hydrogens is 264 g/mol. The number of carbonyl (C=O) groups is 1. The van der Waals surface area contributed by atoms with Gasteiger partial charge in [-0.1, -0.05) is 0 Å². The highest BCUT2D eigenvalue weighted by Crippen LogP contribution is 2.25. The third-order valence-corrected chi connectivity index (χ3v) is 3.94. The van der Waals surface area contributed by atoms with E-state index in [0.717, 1.165) is 42.8 Å². The van der Waals surface area contributed by atoms with E-state index in [-0.39, 0.29) is 12.0 Å². The number of hydrogen-bond acceptors (Lipinski definition) is 3. The molecule has 2 rings (SSSR count). The van der Waals surface area contributed by atoms with Gasteiger partial charge in [0.2, 0.25) is 5.91 Å². The molecule has 4 heteroatoms. The molecule has 1 aliphatic rings. The Balaban J connectivity index is 2.07. The topological polar surface area (TPSA) is 50.4 Å². The van der Waals surface area contributed by atoms with E-state index in [1.165, 1.54) is 0 Å². The average Bonchev–Trinajstić information content (AvgIpc) is 2.42. The number of hydrogen-bond donors (Lipinski definition) is 2. The van der Waals surface area contributed by atoms with Crippen LogP contribution in [0.15, 0.2) is 18.2 Å². The molecule has 0 radical (unpaired) electrons. The molecule has 1 saturated heterocycles. The Morgan fingerprint density at radius 2 is 2.14 bits per heavy atom. The van der Waals surface area contributed by atoms with Crippen LogP contribution in [0.3, 0.4) is 0 Å². The number of amides is 1. The van der Waals surface area contributed by atoms with Crippen molar-refractivity contribution in [3.05, 3.63) is 23.8 Å². The van der Waals surface area contributed by atoms with Crippen LogP contribution in [0.2, 0.25) is 0 Å². The number of carbonyl (C=O) groups excluding carboxylic acids is 1. The largest absolute Gasteiger partial charge is 0.491 e. The van der Waals surface area contributed by atoms with Gasteiger partial charge in [-0.2, -0.15) is 0 Å². The van der Waals surface area contributed by atoms with Gasteiger partial charge in [0.25, 0.3) is 0 Å². The van der Waals surface area contributed by atoms with Gasteiger partial charge in [0.15, 0.2) is 0 Å². The first-order chi connectivity index (χ1) is 9.90. The smallest absolute Gasteiger partial charge is 0.244 e. The highest BCUT2D eigenvalue weighted by Gasteiger charge is 2.34. The number of piperidine rings is 1. The summed E-state index contributed by atoms with van der Waals surface area (Å²) in [7, 11) is 0. The summed E-state index contributed by atoms with van der Waals surface area (Å²) in [6, 6.07) is 5.78. The number of benzene rings is 1. The monoisotopic (exact) mass is 290 g/mol. The summed E-state index contributed by atoms with van der Waals surface area (Å²) in [5.41, 5.74) is 1.41. The average molecular weight is 290 g/mol. The Bertz CT molecular complexity index is 506. The van der Waals surface area contributed by atoms with Crippen molar-refractivity contribution in [2.45, 2.75) is 58.6 Å². The second-order valence-corrected chi connectivity index (χ2v) is 6.31. The standard InChI is InChI=1S/C17H26N2O2/c1-12(2)21-14-7-8-15(13(3)11-14)19-16(20)17(4)9-5-6-10-18-17/h7-8,11-12,18H,5-6,9-10H2,1-4H3,(H,19,20). The summed E-state index contributed by atoms with van der Waals surface area (Å²) in [6.07, 6.45) is 3.27. The van der Waals surface area contributed by atoms with Crippen LogP contribution in [0, 0.1) is 6.92 Å². The Kier molecular flexibility index (Phi) is 4.88. The molecule has 0 aliphatic carbocycles.